The van der Waals surface area contributed by atoms with E-state index in [4.69, 9.17) is 14.2 Å². The van der Waals surface area contributed by atoms with Crippen LogP contribution in [-0.2, 0) is 9.53 Å². The van der Waals surface area contributed by atoms with Crippen molar-refractivity contribution in [1.82, 2.24) is 5.32 Å². The van der Waals surface area contributed by atoms with Crippen molar-refractivity contribution in [3.63, 3.8) is 0 Å². The predicted molar refractivity (Wildman–Crippen MR) is 118 cm³/mol. The number of rotatable bonds is 9. The van der Waals surface area contributed by atoms with Crippen molar-refractivity contribution in [2.75, 3.05) is 20.3 Å². The molecule has 3 rings (SSSR count). The maximum absolute atomic E-state index is 12.3. The molecule has 0 spiro atoms. The number of hydrogen-bond donors (Lipinski definition) is 1. The smallest absolute Gasteiger partial charge is 0.318 e. The van der Waals surface area contributed by atoms with Crippen LogP contribution in [0.25, 0.3) is 6.08 Å². The van der Waals surface area contributed by atoms with Crippen molar-refractivity contribution in [3.8, 4) is 23.3 Å². The molecule has 1 N–H and O–H groups in total. The molecule has 1 heterocycles. The highest BCUT2D eigenvalue weighted by molar-refractivity contribution is 6.01. The molecule has 1 atom stereocenters. The molecule has 12 heteroatoms. The maximum atomic E-state index is 12.3. The SMILES string of the molecule is COc1cc(/C=C(\C#N)C(=O)NC[C@H]2CCCO2)ccc1Oc1ccc([N+](=O)[O-])cc1[N+](=O)[O-]. The number of ether oxygens (including phenoxy) is 3. The third kappa shape index (κ3) is 5.84. The van der Waals surface area contributed by atoms with Crippen LogP contribution in [0.4, 0.5) is 11.4 Å². The van der Waals surface area contributed by atoms with Gasteiger partial charge in [0.2, 0.25) is 5.75 Å². The van der Waals surface area contributed by atoms with Gasteiger partial charge in [-0.15, -0.1) is 0 Å². The Morgan fingerprint density at radius 3 is 2.59 bits per heavy atom. The number of non-ortho nitro benzene ring substituents is 1. The highest BCUT2D eigenvalue weighted by Crippen LogP contribution is 2.38. The number of methoxy groups -OCH3 is 1. The zero-order valence-electron chi connectivity index (χ0n) is 18.1. The Labute approximate surface area is 193 Å². The van der Waals surface area contributed by atoms with Gasteiger partial charge in [-0.1, -0.05) is 6.07 Å². The second kappa shape index (κ2) is 10.9. The average Bonchev–Trinajstić information content (AvgIpc) is 3.35. The molecule has 1 amide bonds. The van der Waals surface area contributed by atoms with Gasteiger partial charge in [0.1, 0.15) is 11.6 Å². The molecule has 0 radical (unpaired) electrons. The predicted octanol–water partition coefficient (Wildman–Crippen LogP) is 3.51. The monoisotopic (exact) mass is 468 g/mol. The van der Waals surface area contributed by atoms with Crippen LogP contribution in [-0.4, -0.2) is 42.1 Å². The molecule has 2 aromatic rings. The number of carbonyl (C=O) groups is 1. The van der Waals surface area contributed by atoms with Crippen LogP contribution in [0.5, 0.6) is 17.2 Å². The average molecular weight is 468 g/mol. The van der Waals surface area contributed by atoms with Gasteiger partial charge in [-0.3, -0.25) is 25.0 Å². The first kappa shape index (κ1) is 24.1. The van der Waals surface area contributed by atoms with Gasteiger partial charge in [0.05, 0.1) is 29.1 Å². The van der Waals surface area contributed by atoms with Crippen molar-refractivity contribution in [2.45, 2.75) is 18.9 Å². The van der Waals surface area contributed by atoms with Gasteiger partial charge >= 0.3 is 5.69 Å². The summed E-state index contributed by atoms with van der Waals surface area (Å²) in [5.74, 6) is -0.501. The van der Waals surface area contributed by atoms with Gasteiger partial charge < -0.3 is 19.5 Å². The van der Waals surface area contributed by atoms with Crippen LogP contribution >= 0.6 is 0 Å². The normalized spacial score (nSPS) is 15.3. The molecule has 34 heavy (non-hydrogen) atoms. The van der Waals surface area contributed by atoms with E-state index in [0.717, 1.165) is 31.0 Å². The van der Waals surface area contributed by atoms with Crippen molar-refractivity contribution < 1.29 is 28.9 Å². The van der Waals surface area contributed by atoms with Crippen LogP contribution < -0.4 is 14.8 Å². The Hall–Kier alpha value is -4.50. The van der Waals surface area contributed by atoms with Crippen LogP contribution in [0.15, 0.2) is 42.0 Å². The second-order valence-corrected chi connectivity index (χ2v) is 7.19. The van der Waals surface area contributed by atoms with Crippen molar-refractivity contribution in [3.05, 3.63) is 67.8 Å². The summed E-state index contributed by atoms with van der Waals surface area (Å²) in [7, 11) is 1.35. The first-order valence-electron chi connectivity index (χ1n) is 10.1. The molecule has 1 aliphatic heterocycles. The van der Waals surface area contributed by atoms with Gasteiger partial charge in [-0.25, -0.2) is 0 Å². The topological polar surface area (TPSA) is 167 Å². The number of nitro groups is 2. The molecule has 1 fully saturated rings. The van der Waals surface area contributed by atoms with E-state index in [2.05, 4.69) is 5.32 Å². The second-order valence-electron chi connectivity index (χ2n) is 7.19. The Balaban J connectivity index is 1.81. The largest absolute Gasteiger partial charge is 0.493 e. The summed E-state index contributed by atoms with van der Waals surface area (Å²) in [5, 5.41) is 34.3. The number of nitrogens with one attached hydrogen (secondary N) is 1. The molecule has 0 bridgehead atoms. The highest BCUT2D eigenvalue weighted by Gasteiger charge is 2.22. The maximum Gasteiger partial charge on any atom is 0.318 e. The molecular weight excluding hydrogens is 448 g/mol. The molecule has 0 aromatic heterocycles. The van der Waals surface area contributed by atoms with Crippen LogP contribution in [0, 0.1) is 31.6 Å². The Kier molecular flexibility index (Phi) is 7.73. The zero-order chi connectivity index (χ0) is 24.7. The van der Waals surface area contributed by atoms with Gasteiger partial charge in [0.15, 0.2) is 11.5 Å². The summed E-state index contributed by atoms with van der Waals surface area (Å²) in [4.78, 5) is 33.1. The molecule has 176 valence electrons. The Morgan fingerprint density at radius 1 is 1.21 bits per heavy atom. The number of nitro benzene ring substituents is 2. The number of hydrogen-bond acceptors (Lipinski definition) is 9. The van der Waals surface area contributed by atoms with E-state index in [9.17, 15) is 30.3 Å². The summed E-state index contributed by atoms with van der Waals surface area (Å²) >= 11 is 0. The number of carbonyl (C=O) groups excluding carboxylic acids is 1. The lowest BCUT2D eigenvalue weighted by molar-refractivity contribution is -0.394. The first-order chi connectivity index (χ1) is 16.3. The lowest BCUT2D eigenvalue weighted by Crippen LogP contribution is -2.32. The summed E-state index contributed by atoms with van der Waals surface area (Å²) in [6.45, 7) is 0.959. The zero-order valence-corrected chi connectivity index (χ0v) is 18.1. The summed E-state index contributed by atoms with van der Waals surface area (Å²) in [6.07, 6.45) is 3.07. The molecule has 1 saturated heterocycles. The standard InChI is InChI=1S/C22H20N4O8/c1-32-21-10-14(9-15(12-23)22(27)24-13-17-3-2-8-33-17)4-6-20(21)34-19-7-5-16(25(28)29)11-18(19)26(30)31/h4-7,9-11,17H,2-3,8,13H2,1H3,(H,24,27)/b15-9+/t17-/m1/s1. The fraction of sp³-hybridized carbons (Fsp3) is 0.273. The molecule has 0 unspecified atom stereocenters. The quantitative estimate of drug-likeness (QED) is 0.251. The molecular formula is C22H20N4O8. The van der Waals surface area contributed by atoms with E-state index < -0.39 is 27.1 Å². The van der Waals surface area contributed by atoms with E-state index in [1.165, 1.54) is 31.4 Å². The lowest BCUT2D eigenvalue weighted by Gasteiger charge is -2.12. The van der Waals surface area contributed by atoms with Crippen LogP contribution in [0.1, 0.15) is 18.4 Å². The summed E-state index contributed by atoms with van der Waals surface area (Å²) in [5.41, 5.74) is -0.714. The number of nitriles is 1. The minimum absolute atomic E-state index is 0.0658. The molecule has 0 saturated carbocycles. The summed E-state index contributed by atoms with van der Waals surface area (Å²) in [6, 6.07) is 9.31. The van der Waals surface area contributed by atoms with Gasteiger partial charge in [-0.2, -0.15) is 5.26 Å². The minimum atomic E-state index is -0.791. The van der Waals surface area contributed by atoms with Crippen LogP contribution in [0.2, 0.25) is 0 Å². The van der Waals surface area contributed by atoms with E-state index >= 15 is 0 Å². The fourth-order valence-corrected chi connectivity index (χ4v) is 3.25. The number of benzene rings is 2. The van der Waals surface area contributed by atoms with Gasteiger partial charge in [0.25, 0.3) is 11.6 Å². The van der Waals surface area contributed by atoms with E-state index in [-0.39, 0.29) is 28.9 Å². The van der Waals surface area contributed by atoms with E-state index in [1.807, 2.05) is 6.07 Å². The lowest BCUT2D eigenvalue weighted by atomic mass is 10.1. The molecule has 1 aliphatic rings. The van der Waals surface area contributed by atoms with E-state index in [1.54, 1.807) is 0 Å². The first-order valence-corrected chi connectivity index (χ1v) is 10.1. The molecule has 2 aromatic carbocycles. The highest BCUT2D eigenvalue weighted by atomic mass is 16.6. The third-order valence-electron chi connectivity index (χ3n) is 4.95. The number of amides is 1. The fourth-order valence-electron chi connectivity index (χ4n) is 3.25. The van der Waals surface area contributed by atoms with E-state index in [0.29, 0.717) is 18.7 Å². The number of nitrogens with zero attached hydrogens (tertiary/aromatic N) is 3. The minimum Gasteiger partial charge on any atom is -0.493 e. The van der Waals surface area contributed by atoms with Crippen molar-refractivity contribution in [1.29, 1.82) is 5.26 Å². The molecule has 12 nitrogen and oxygen atoms in total. The Morgan fingerprint density at radius 2 is 1.97 bits per heavy atom. The van der Waals surface area contributed by atoms with Crippen LogP contribution in [0.3, 0.4) is 0 Å². The molecule has 0 aliphatic carbocycles. The van der Waals surface area contributed by atoms with Crippen molar-refractivity contribution >= 4 is 23.4 Å². The summed E-state index contributed by atoms with van der Waals surface area (Å²) < 4.78 is 16.3. The van der Waals surface area contributed by atoms with Gasteiger partial charge in [-0.05, 0) is 42.7 Å². The van der Waals surface area contributed by atoms with Crippen molar-refractivity contribution in [2.24, 2.45) is 0 Å². The Bertz CT molecular complexity index is 1180. The van der Waals surface area contributed by atoms with Gasteiger partial charge in [0, 0.05) is 19.2 Å². The third-order valence-corrected chi connectivity index (χ3v) is 4.95.